The van der Waals surface area contributed by atoms with Crippen LogP contribution in [0.3, 0.4) is 0 Å². The van der Waals surface area contributed by atoms with Crippen molar-refractivity contribution >= 4 is 12.6 Å². The molecule has 0 saturated carbocycles. The van der Waals surface area contributed by atoms with Gasteiger partial charge in [0.1, 0.15) is 6.10 Å². The van der Waals surface area contributed by atoms with E-state index in [1.54, 1.807) is 4.90 Å². The molecule has 3 N–H and O–H groups in total. The minimum absolute atomic E-state index is 0.0392. The van der Waals surface area contributed by atoms with Gasteiger partial charge < -0.3 is 30.0 Å². The lowest BCUT2D eigenvalue weighted by Crippen LogP contribution is -2.41. The van der Waals surface area contributed by atoms with Crippen LogP contribution in [0.15, 0.2) is 18.2 Å². The van der Waals surface area contributed by atoms with Crippen molar-refractivity contribution in [3.05, 3.63) is 23.8 Å². The lowest BCUT2D eigenvalue weighted by molar-refractivity contribution is -0.122. The highest BCUT2D eigenvalue weighted by Crippen LogP contribution is 2.33. The monoisotopic (exact) mass is 410 g/mol. The molecule has 1 amide bonds. The number of rotatable bonds is 10. The van der Waals surface area contributed by atoms with Crippen LogP contribution in [0.5, 0.6) is 11.5 Å². The largest absolute Gasteiger partial charge is 0.483 e. The van der Waals surface area contributed by atoms with Gasteiger partial charge in [-0.1, -0.05) is 12.5 Å². The van der Waals surface area contributed by atoms with E-state index in [1.165, 1.54) is 0 Å². The zero-order chi connectivity index (χ0) is 21.6. The predicted octanol–water partition coefficient (Wildman–Crippen LogP) is 3.41. The van der Waals surface area contributed by atoms with Crippen LogP contribution in [-0.4, -0.2) is 54.6 Å². The van der Waals surface area contributed by atoms with E-state index >= 15 is 0 Å². The Balaban J connectivity index is 0.00000132. The quantitative estimate of drug-likeness (QED) is 0.449. The van der Waals surface area contributed by atoms with Crippen LogP contribution in [0.2, 0.25) is 0 Å². The molecule has 1 heterocycles. The minimum atomic E-state index is -0.250. The van der Waals surface area contributed by atoms with Gasteiger partial charge in [0.15, 0.2) is 11.5 Å². The number of hydrogen-bond acceptors (Lipinski definition) is 6. The van der Waals surface area contributed by atoms with Gasteiger partial charge in [0.05, 0.1) is 0 Å². The number of carbonyl (C=O) groups excluding carboxylic acids is 1. The molecule has 29 heavy (non-hydrogen) atoms. The first-order valence-corrected chi connectivity index (χ1v) is 10.1. The third-order valence-corrected chi connectivity index (χ3v) is 4.69. The number of ether oxygens (including phenoxy) is 3. The summed E-state index contributed by atoms with van der Waals surface area (Å²) in [5.74, 6) is 1.54. The molecule has 0 bridgehead atoms. The number of amides is 1. The summed E-state index contributed by atoms with van der Waals surface area (Å²) in [6.45, 7) is 7.33. The number of likely N-dealkylation sites (N-methyl/N-ethyl adjacent to an activating group) is 1. The SMILES string of the molecule is CCN(C(=O)OC(C)CCCCCN)C(C)Cc1ccc2c(c1)OCO2.O=CO. The molecule has 2 rings (SSSR count). The molecule has 2 unspecified atom stereocenters. The molecule has 0 spiro atoms. The first-order chi connectivity index (χ1) is 14.0. The molecule has 164 valence electrons. The Morgan fingerprint density at radius 1 is 1.28 bits per heavy atom. The van der Waals surface area contributed by atoms with Gasteiger partial charge in [-0.25, -0.2) is 4.79 Å². The second-order valence-electron chi connectivity index (χ2n) is 6.96. The summed E-state index contributed by atoms with van der Waals surface area (Å²) in [6, 6.07) is 5.96. The summed E-state index contributed by atoms with van der Waals surface area (Å²) in [4.78, 5) is 22.7. The molecule has 0 radical (unpaired) electrons. The molecule has 1 aromatic carbocycles. The zero-order valence-electron chi connectivity index (χ0n) is 17.6. The van der Waals surface area contributed by atoms with E-state index in [9.17, 15) is 4.79 Å². The summed E-state index contributed by atoms with van der Waals surface area (Å²) in [5.41, 5.74) is 6.62. The summed E-state index contributed by atoms with van der Waals surface area (Å²) in [7, 11) is 0. The van der Waals surface area contributed by atoms with Crippen molar-refractivity contribution in [1.29, 1.82) is 0 Å². The standard InChI is InChI=1S/C20H32N2O4.CH2O2/c1-4-22(20(23)26-16(3)8-6-5-7-11-21)15(2)12-17-9-10-18-19(13-17)25-14-24-18;2-1-3/h9-10,13,15-16H,4-8,11-12,14,21H2,1-3H3;1H,(H,2,3). The molecule has 1 aliphatic rings. The fraction of sp³-hybridized carbons (Fsp3) is 0.619. The zero-order valence-corrected chi connectivity index (χ0v) is 17.6. The Bertz CT molecular complexity index is 625. The van der Waals surface area contributed by atoms with E-state index in [0.29, 0.717) is 6.54 Å². The van der Waals surface area contributed by atoms with Crippen LogP contribution >= 0.6 is 0 Å². The number of carboxylic acid groups (broad SMARTS) is 1. The lowest BCUT2D eigenvalue weighted by Gasteiger charge is -2.29. The topological polar surface area (TPSA) is 111 Å². The van der Waals surface area contributed by atoms with Crippen molar-refractivity contribution in [3.8, 4) is 11.5 Å². The first kappa shape index (κ1) is 24.6. The van der Waals surface area contributed by atoms with Gasteiger partial charge in [-0.05, 0) is 70.7 Å². The highest BCUT2D eigenvalue weighted by Gasteiger charge is 2.23. The molecule has 2 atom stereocenters. The molecule has 0 aromatic heterocycles. The molecular formula is C21H34N2O6. The Labute approximate surface area is 172 Å². The van der Waals surface area contributed by atoms with Crippen LogP contribution < -0.4 is 15.2 Å². The first-order valence-electron chi connectivity index (χ1n) is 10.1. The summed E-state index contributed by atoms with van der Waals surface area (Å²) >= 11 is 0. The molecule has 0 fully saturated rings. The van der Waals surface area contributed by atoms with Crippen molar-refractivity contribution in [1.82, 2.24) is 4.90 Å². The van der Waals surface area contributed by atoms with E-state index in [2.05, 4.69) is 0 Å². The number of nitrogens with two attached hydrogens (primary N) is 1. The number of nitrogens with zero attached hydrogens (tertiary/aromatic N) is 1. The predicted molar refractivity (Wildman–Crippen MR) is 110 cm³/mol. The van der Waals surface area contributed by atoms with Crippen LogP contribution in [0.4, 0.5) is 4.79 Å². The Morgan fingerprint density at radius 2 is 1.97 bits per heavy atom. The molecule has 0 aliphatic carbocycles. The van der Waals surface area contributed by atoms with Crippen LogP contribution in [0, 0.1) is 0 Å². The van der Waals surface area contributed by atoms with E-state index in [1.807, 2.05) is 39.0 Å². The van der Waals surface area contributed by atoms with Gasteiger partial charge >= 0.3 is 6.09 Å². The third-order valence-electron chi connectivity index (χ3n) is 4.69. The maximum Gasteiger partial charge on any atom is 0.410 e. The van der Waals surface area contributed by atoms with Crippen LogP contribution in [0.25, 0.3) is 0 Å². The minimum Gasteiger partial charge on any atom is -0.483 e. The molecule has 0 saturated heterocycles. The fourth-order valence-electron chi connectivity index (χ4n) is 3.19. The van der Waals surface area contributed by atoms with Gasteiger partial charge in [-0.3, -0.25) is 4.79 Å². The molecule has 1 aliphatic heterocycles. The number of hydrogen-bond donors (Lipinski definition) is 2. The van der Waals surface area contributed by atoms with Crippen LogP contribution in [-0.2, 0) is 16.0 Å². The van der Waals surface area contributed by atoms with E-state index in [0.717, 1.165) is 55.7 Å². The Kier molecular flexibility index (Phi) is 11.6. The second-order valence-corrected chi connectivity index (χ2v) is 6.96. The van der Waals surface area contributed by atoms with Crippen molar-refractivity contribution in [2.75, 3.05) is 19.9 Å². The summed E-state index contributed by atoms with van der Waals surface area (Å²) in [5, 5.41) is 6.89. The van der Waals surface area contributed by atoms with Gasteiger partial charge in [-0.15, -0.1) is 0 Å². The van der Waals surface area contributed by atoms with Crippen LogP contribution in [0.1, 0.15) is 52.0 Å². The number of benzene rings is 1. The smallest absolute Gasteiger partial charge is 0.410 e. The van der Waals surface area contributed by atoms with Crippen molar-refractivity contribution in [3.63, 3.8) is 0 Å². The highest BCUT2D eigenvalue weighted by atomic mass is 16.7. The van der Waals surface area contributed by atoms with Gasteiger partial charge in [0, 0.05) is 12.6 Å². The number of fused-ring (bicyclic) bond motifs is 1. The van der Waals surface area contributed by atoms with E-state index in [4.69, 9.17) is 29.8 Å². The van der Waals surface area contributed by atoms with Gasteiger partial charge in [0.25, 0.3) is 6.47 Å². The number of unbranched alkanes of at least 4 members (excludes halogenated alkanes) is 2. The molecular weight excluding hydrogens is 376 g/mol. The summed E-state index contributed by atoms with van der Waals surface area (Å²) < 4.78 is 16.4. The lowest BCUT2D eigenvalue weighted by atomic mass is 10.1. The normalized spacial score (nSPS) is 13.7. The van der Waals surface area contributed by atoms with Crippen molar-refractivity contribution in [2.24, 2.45) is 5.73 Å². The average molecular weight is 411 g/mol. The summed E-state index contributed by atoms with van der Waals surface area (Å²) in [6.07, 6.45) is 4.43. The number of carbonyl (C=O) groups is 2. The van der Waals surface area contributed by atoms with Gasteiger partial charge in [0.2, 0.25) is 6.79 Å². The second kappa shape index (κ2) is 13.7. The van der Waals surface area contributed by atoms with Crippen molar-refractivity contribution in [2.45, 2.75) is 65.0 Å². The molecule has 1 aromatic rings. The van der Waals surface area contributed by atoms with Gasteiger partial charge in [-0.2, -0.15) is 0 Å². The van der Waals surface area contributed by atoms with E-state index in [-0.39, 0.29) is 31.5 Å². The van der Waals surface area contributed by atoms with E-state index < -0.39 is 0 Å². The Hall–Kier alpha value is -2.48. The van der Waals surface area contributed by atoms with Crippen molar-refractivity contribution < 1.29 is 28.9 Å². The third kappa shape index (κ3) is 8.60. The highest BCUT2D eigenvalue weighted by molar-refractivity contribution is 5.68. The molecule has 8 heteroatoms. The average Bonchev–Trinajstić information content (AvgIpc) is 3.14. The Morgan fingerprint density at radius 3 is 2.62 bits per heavy atom. The maximum atomic E-state index is 12.5. The maximum absolute atomic E-state index is 12.5. The fourth-order valence-corrected chi connectivity index (χ4v) is 3.19. The molecule has 8 nitrogen and oxygen atoms in total.